The van der Waals surface area contributed by atoms with Gasteiger partial charge in [-0.05, 0) is 29.3 Å². The Balaban J connectivity index is 2.25. The van der Waals surface area contributed by atoms with Gasteiger partial charge < -0.3 is 5.11 Å². The van der Waals surface area contributed by atoms with Crippen LogP contribution in [-0.4, -0.2) is 5.11 Å². The van der Waals surface area contributed by atoms with Crippen LogP contribution >= 0.6 is 27.5 Å². The van der Waals surface area contributed by atoms with Crippen molar-refractivity contribution in [1.82, 2.24) is 0 Å². The topological polar surface area (TPSA) is 20.2 Å². The van der Waals surface area contributed by atoms with Gasteiger partial charge in [0.2, 0.25) is 0 Å². The number of halogens is 4. The van der Waals surface area contributed by atoms with Crippen molar-refractivity contribution in [3.63, 3.8) is 0 Å². The molecule has 1 unspecified atom stereocenters. The summed E-state index contributed by atoms with van der Waals surface area (Å²) in [7, 11) is 0. The molecular weight excluding hydrogens is 338 g/mol. The first-order chi connectivity index (χ1) is 8.99. The van der Waals surface area contributed by atoms with Gasteiger partial charge in [-0.15, -0.1) is 0 Å². The molecule has 0 radical (unpaired) electrons. The molecule has 0 aliphatic heterocycles. The third-order valence-corrected chi connectivity index (χ3v) is 3.59. The number of hydrogen-bond donors (Lipinski definition) is 1. The Hall–Kier alpha value is -0.970. The van der Waals surface area contributed by atoms with Gasteiger partial charge in [0, 0.05) is 15.9 Å². The molecule has 2 aromatic carbocycles. The molecule has 0 amide bonds. The van der Waals surface area contributed by atoms with Gasteiger partial charge in [0.1, 0.15) is 0 Å². The molecule has 1 N–H and O–H groups in total. The molecule has 0 heterocycles. The quantitative estimate of drug-likeness (QED) is 0.856. The predicted molar refractivity (Wildman–Crippen MR) is 74.2 cm³/mol. The molecule has 5 heteroatoms. The van der Waals surface area contributed by atoms with Crippen molar-refractivity contribution in [2.24, 2.45) is 0 Å². The molecular formula is C14H10BrClF2O. The Morgan fingerprint density at radius 2 is 1.95 bits per heavy atom. The van der Waals surface area contributed by atoms with Gasteiger partial charge in [-0.3, -0.25) is 0 Å². The van der Waals surface area contributed by atoms with Crippen molar-refractivity contribution in [3.8, 4) is 0 Å². The van der Waals surface area contributed by atoms with Gasteiger partial charge in [-0.2, -0.15) is 0 Å². The van der Waals surface area contributed by atoms with Gasteiger partial charge in [0.05, 0.1) is 6.10 Å². The van der Waals surface area contributed by atoms with E-state index in [-0.39, 0.29) is 12.0 Å². The summed E-state index contributed by atoms with van der Waals surface area (Å²) in [6.45, 7) is 0. The highest BCUT2D eigenvalue weighted by atomic mass is 79.9. The predicted octanol–water partition coefficient (Wildman–Crippen LogP) is 4.66. The molecule has 0 bridgehead atoms. The van der Waals surface area contributed by atoms with Crippen molar-refractivity contribution in [2.45, 2.75) is 12.5 Å². The van der Waals surface area contributed by atoms with Gasteiger partial charge in [-0.25, -0.2) is 8.78 Å². The molecule has 19 heavy (non-hydrogen) atoms. The van der Waals surface area contributed by atoms with E-state index in [9.17, 15) is 13.9 Å². The molecule has 1 nitrogen and oxygen atoms in total. The van der Waals surface area contributed by atoms with E-state index in [0.29, 0.717) is 10.6 Å². The second kappa shape index (κ2) is 5.99. The first kappa shape index (κ1) is 14.4. The number of aliphatic hydroxyl groups excluding tert-OH is 1. The Kier molecular flexibility index (Phi) is 4.55. The molecule has 0 saturated heterocycles. The summed E-state index contributed by atoms with van der Waals surface area (Å²) in [5, 5.41) is 10.4. The Bertz CT molecular complexity index is 604. The van der Waals surface area contributed by atoms with Crippen LogP contribution in [0, 0.1) is 11.6 Å². The van der Waals surface area contributed by atoms with Crippen LogP contribution in [0.15, 0.2) is 40.9 Å². The Morgan fingerprint density at radius 1 is 1.21 bits per heavy atom. The molecule has 0 aliphatic rings. The summed E-state index contributed by atoms with van der Waals surface area (Å²) in [5.74, 6) is -1.86. The van der Waals surface area contributed by atoms with Gasteiger partial charge in [0.25, 0.3) is 0 Å². The van der Waals surface area contributed by atoms with Crippen molar-refractivity contribution < 1.29 is 13.9 Å². The highest BCUT2D eigenvalue weighted by Crippen LogP contribution is 2.29. The smallest absolute Gasteiger partial charge is 0.162 e. The highest BCUT2D eigenvalue weighted by molar-refractivity contribution is 9.10. The fourth-order valence-electron chi connectivity index (χ4n) is 1.80. The highest BCUT2D eigenvalue weighted by Gasteiger charge is 2.16. The van der Waals surface area contributed by atoms with Crippen LogP contribution in [0.2, 0.25) is 5.02 Å². The standard InChI is InChI=1S/C14H10BrClF2O/c15-9-4-5-10(11(16)7-9)13(19)6-8-2-1-3-12(17)14(8)18/h1-5,7,13,19H,6H2. The maximum atomic E-state index is 13.5. The van der Waals surface area contributed by atoms with E-state index in [1.165, 1.54) is 12.1 Å². The lowest BCUT2D eigenvalue weighted by Crippen LogP contribution is -2.05. The Labute approximate surface area is 123 Å². The van der Waals surface area contributed by atoms with Crippen LogP contribution in [0.25, 0.3) is 0 Å². The zero-order valence-electron chi connectivity index (χ0n) is 9.71. The van der Waals surface area contributed by atoms with Crippen molar-refractivity contribution in [3.05, 3.63) is 68.7 Å². The monoisotopic (exact) mass is 346 g/mol. The number of rotatable bonds is 3. The lowest BCUT2D eigenvalue weighted by molar-refractivity contribution is 0.177. The molecule has 0 saturated carbocycles. The first-order valence-electron chi connectivity index (χ1n) is 5.55. The lowest BCUT2D eigenvalue weighted by atomic mass is 10.0. The maximum Gasteiger partial charge on any atom is 0.162 e. The Morgan fingerprint density at radius 3 is 2.63 bits per heavy atom. The number of aliphatic hydroxyl groups is 1. The summed E-state index contributed by atoms with van der Waals surface area (Å²) in [6.07, 6.45) is -1.03. The molecule has 0 aliphatic carbocycles. The van der Waals surface area contributed by atoms with E-state index < -0.39 is 17.7 Å². The van der Waals surface area contributed by atoms with Crippen LogP contribution < -0.4 is 0 Å². The molecule has 0 spiro atoms. The van der Waals surface area contributed by atoms with Crippen molar-refractivity contribution >= 4 is 27.5 Å². The van der Waals surface area contributed by atoms with Crippen LogP contribution in [0.1, 0.15) is 17.2 Å². The number of benzene rings is 2. The largest absolute Gasteiger partial charge is 0.388 e. The van der Waals surface area contributed by atoms with Crippen molar-refractivity contribution in [2.75, 3.05) is 0 Å². The SMILES string of the molecule is OC(Cc1cccc(F)c1F)c1ccc(Br)cc1Cl. The van der Waals surface area contributed by atoms with Crippen LogP contribution in [0.4, 0.5) is 8.78 Å². The maximum absolute atomic E-state index is 13.5. The number of hydrogen-bond acceptors (Lipinski definition) is 1. The zero-order valence-corrected chi connectivity index (χ0v) is 12.0. The second-order valence-corrected chi connectivity index (χ2v) is 5.42. The minimum atomic E-state index is -0.989. The summed E-state index contributed by atoms with van der Waals surface area (Å²) < 4.78 is 27.4. The average molecular weight is 348 g/mol. The summed E-state index contributed by atoms with van der Waals surface area (Å²) in [5.41, 5.74) is 0.597. The van der Waals surface area contributed by atoms with Crippen molar-refractivity contribution in [1.29, 1.82) is 0 Å². The lowest BCUT2D eigenvalue weighted by Gasteiger charge is -2.13. The summed E-state index contributed by atoms with van der Waals surface area (Å²) in [6, 6.07) is 8.90. The normalized spacial score (nSPS) is 12.5. The minimum Gasteiger partial charge on any atom is -0.388 e. The van der Waals surface area contributed by atoms with Crippen LogP contribution in [-0.2, 0) is 6.42 Å². The zero-order chi connectivity index (χ0) is 14.0. The fraction of sp³-hybridized carbons (Fsp3) is 0.143. The van der Waals surface area contributed by atoms with E-state index in [1.54, 1.807) is 18.2 Å². The van der Waals surface area contributed by atoms with Gasteiger partial charge in [-0.1, -0.05) is 45.7 Å². The average Bonchev–Trinajstić information content (AvgIpc) is 2.34. The molecule has 2 rings (SSSR count). The molecule has 0 aromatic heterocycles. The van der Waals surface area contributed by atoms with Crippen LogP contribution in [0.3, 0.4) is 0 Å². The van der Waals surface area contributed by atoms with Gasteiger partial charge >= 0.3 is 0 Å². The van der Waals surface area contributed by atoms with E-state index in [0.717, 1.165) is 10.5 Å². The van der Waals surface area contributed by atoms with E-state index in [4.69, 9.17) is 11.6 Å². The second-order valence-electron chi connectivity index (χ2n) is 4.10. The molecule has 0 fully saturated rings. The van der Waals surface area contributed by atoms with E-state index in [1.807, 2.05) is 0 Å². The van der Waals surface area contributed by atoms with E-state index >= 15 is 0 Å². The molecule has 100 valence electrons. The van der Waals surface area contributed by atoms with Gasteiger partial charge in [0.15, 0.2) is 11.6 Å². The fourth-order valence-corrected chi connectivity index (χ4v) is 2.60. The third kappa shape index (κ3) is 3.32. The molecule has 2 aromatic rings. The summed E-state index contributed by atoms with van der Waals surface area (Å²) in [4.78, 5) is 0. The minimum absolute atomic E-state index is 0.0368. The van der Waals surface area contributed by atoms with E-state index in [2.05, 4.69) is 15.9 Å². The van der Waals surface area contributed by atoms with Crippen LogP contribution in [0.5, 0.6) is 0 Å². The molecule has 1 atom stereocenters. The third-order valence-electron chi connectivity index (χ3n) is 2.77. The first-order valence-corrected chi connectivity index (χ1v) is 6.72. The summed E-state index contributed by atoms with van der Waals surface area (Å²) >= 11 is 9.26.